The fourth-order valence-corrected chi connectivity index (χ4v) is 3.65. The van der Waals surface area contributed by atoms with Gasteiger partial charge in [0.1, 0.15) is 0 Å². The predicted molar refractivity (Wildman–Crippen MR) is 90.2 cm³/mol. The highest BCUT2D eigenvalue weighted by Crippen LogP contribution is 2.36. The number of benzene rings is 1. The Morgan fingerprint density at radius 2 is 1.71 bits per heavy atom. The lowest BCUT2D eigenvalue weighted by molar-refractivity contribution is 0.351. The van der Waals surface area contributed by atoms with Crippen LogP contribution in [0.2, 0.25) is 0 Å². The molecule has 1 fully saturated rings. The Hall–Kier alpha value is -0.740. The van der Waals surface area contributed by atoms with E-state index >= 15 is 0 Å². The van der Waals surface area contributed by atoms with E-state index in [1.165, 1.54) is 50.5 Å². The Morgan fingerprint density at radius 3 is 2.33 bits per heavy atom. The highest BCUT2D eigenvalue weighted by molar-refractivity contribution is 9.10. The topological polar surface area (TPSA) is 30.5 Å². The van der Waals surface area contributed by atoms with Crippen molar-refractivity contribution in [2.45, 2.75) is 57.5 Å². The standard InChI is InChI=1S/C17H26BrNO2/c1-20-16-11-13(10-15(18)17(16)21-2)12-19-14-8-6-4-3-5-7-9-14/h10-11,14,19H,3-9,12H2,1-2H3. The summed E-state index contributed by atoms with van der Waals surface area (Å²) in [6.07, 6.45) is 9.50. The first-order chi connectivity index (χ1) is 10.2. The predicted octanol–water partition coefficient (Wildman–Crippen LogP) is 4.67. The molecule has 0 saturated heterocycles. The summed E-state index contributed by atoms with van der Waals surface area (Å²) in [6, 6.07) is 4.81. The van der Waals surface area contributed by atoms with Gasteiger partial charge in [-0.2, -0.15) is 0 Å². The lowest BCUT2D eigenvalue weighted by Crippen LogP contribution is -2.29. The van der Waals surface area contributed by atoms with Crippen LogP contribution >= 0.6 is 15.9 Å². The van der Waals surface area contributed by atoms with Crippen LogP contribution in [0.3, 0.4) is 0 Å². The molecule has 0 unspecified atom stereocenters. The Morgan fingerprint density at radius 1 is 1.05 bits per heavy atom. The summed E-state index contributed by atoms with van der Waals surface area (Å²) in [5.74, 6) is 1.54. The van der Waals surface area contributed by atoms with Gasteiger partial charge in [0.15, 0.2) is 11.5 Å². The van der Waals surface area contributed by atoms with Crippen LogP contribution in [0.15, 0.2) is 16.6 Å². The van der Waals surface area contributed by atoms with E-state index in [2.05, 4.69) is 33.4 Å². The van der Waals surface area contributed by atoms with Gasteiger partial charge in [-0.15, -0.1) is 0 Å². The fraction of sp³-hybridized carbons (Fsp3) is 0.647. The number of methoxy groups -OCH3 is 2. The second kappa shape index (κ2) is 8.64. The average molecular weight is 356 g/mol. The maximum Gasteiger partial charge on any atom is 0.174 e. The molecule has 21 heavy (non-hydrogen) atoms. The molecule has 1 aliphatic rings. The highest BCUT2D eigenvalue weighted by atomic mass is 79.9. The van der Waals surface area contributed by atoms with Crippen molar-refractivity contribution in [3.63, 3.8) is 0 Å². The van der Waals surface area contributed by atoms with Crippen molar-refractivity contribution in [3.05, 3.63) is 22.2 Å². The average Bonchev–Trinajstić information content (AvgIpc) is 2.45. The quantitative estimate of drug-likeness (QED) is 0.832. The third-order valence-corrected chi connectivity index (χ3v) is 4.78. The lowest BCUT2D eigenvalue weighted by atomic mass is 9.96. The number of nitrogens with one attached hydrogen (secondary N) is 1. The van der Waals surface area contributed by atoms with E-state index in [1.807, 2.05) is 0 Å². The molecular formula is C17H26BrNO2. The van der Waals surface area contributed by atoms with Gasteiger partial charge in [-0.25, -0.2) is 0 Å². The van der Waals surface area contributed by atoms with E-state index in [0.29, 0.717) is 6.04 Å². The van der Waals surface area contributed by atoms with Gasteiger partial charge in [0.2, 0.25) is 0 Å². The monoisotopic (exact) mass is 355 g/mol. The van der Waals surface area contributed by atoms with Gasteiger partial charge >= 0.3 is 0 Å². The molecule has 0 atom stereocenters. The van der Waals surface area contributed by atoms with E-state index < -0.39 is 0 Å². The zero-order valence-corrected chi connectivity index (χ0v) is 14.7. The summed E-state index contributed by atoms with van der Waals surface area (Å²) < 4.78 is 11.7. The first-order valence-corrected chi connectivity index (χ1v) is 8.67. The van der Waals surface area contributed by atoms with Crippen LogP contribution in [-0.4, -0.2) is 20.3 Å². The van der Waals surface area contributed by atoms with Gasteiger partial charge in [-0.1, -0.05) is 32.1 Å². The molecular weight excluding hydrogens is 330 g/mol. The molecule has 1 N–H and O–H groups in total. The van der Waals surface area contributed by atoms with Crippen LogP contribution in [0.1, 0.15) is 50.5 Å². The summed E-state index contributed by atoms with van der Waals surface area (Å²) in [5, 5.41) is 3.70. The van der Waals surface area contributed by atoms with Crippen LogP contribution in [-0.2, 0) is 6.54 Å². The van der Waals surface area contributed by atoms with Crippen molar-refractivity contribution in [3.8, 4) is 11.5 Å². The maximum absolute atomic E-state index is 5.40. The van der Waals surface area contributed by atoms with Crippen LogP contribution in [0.5, 0.6) is 11.5 Å². The summed E-state index contributed by atoms with van der Waals surface area (Å²) >= 11 is 3.56. The zero-order valence-electron chi connectivity index (χ0n) is 13.1. The highest BCUT2D eigenvalue weighted by Gasteiger charge is 2.13. The smallest absolute Gasteiger partial charge is 0.174 e. The molecule has 1 aliphatic carbocycles. The van der Waals surface area contributed by atoms with Gasteiger partial charge in [0, 0.05) is 12.6 Å². The van der Waals surface area contributed by atoms with Crippen LogP contribution < -0.4 is 14.8 Å². The van der Waals surface area contributed by atoms with E-state index in [-0.39, 0.29) is 0 Å². The summed E-state index contributed by atoms with van der Waals surface area (Å²) in [5.41, 5.74) is 1.22. The summed E-state index contributed by atoms with van der Waals surface area (Å²) in [7, 11) is 3.34. The number of halogens is 1. The fourth-order valence-electron chi connectivity index (χ4n) is 3.00. The Kier molecular flexibility index (Phi) is 6.84. The summed E-state index contributed by atoms with van der Waals surface area (Å²) in [6.45, 7) is 0.879. The molecule has 0 radical (unpaired) electrons. The third-order valence-electron chi connectivity index (χ3n) is 4.19. The molecule has 1 saturated carbocycles. The first-order valence-electron chi connectivity index (χ1n) is 7.88. The van der Waals surface area contributed by atoms with Crippen LogP contribution in [0.25, 0.3) is 0 Å². The third kappa shape index (κ3) is 4.89. The Bertz CT molecular complexity index is 443. The lowest BCUT2D eigenvalue weighted by Gasteiger charge is -2.21. The minimum absolute atomic E-state index is 0.650. The number of hydrogen-bond acceptors (Lipinski definition) is 3. The molecule has 0 spiro atoms. The minimum atomic E-state index is 0.650. The second-order valence-electron chi connectivity index (χ2n) is 5.74. The number of ether oxygens (including phenoxy) is 2. The van der Waals surface area contributed by atoms with E-state index in [4.69, 9.17) is 9.47 Å². The number of hydrogen-bond donors (Lipinski definition) is 1. The number of rotatable bonds is 5. The Labute approximate surface area is 136 Å². The molecule has 1 aromatic rings. The largest absolute Gasteiger partial charge is 0.493 e. The Balaban J connectivity index is 1.97. The molecule has 0 aliphatic heterocycles. The SMILES string of the molecule is COc1cc(CNC2CCCCCCC2)cc(Br)c1OC. The van der Waals surface area contributed by atoms with E-state index in [9.17, 15) is 0 Å². The van der Waals surface area contributed by atoms with Gasteiger partial charge in [0.25, 0.3) is 0 Å². The van der Waals surface area contributed by atoms with Gasteiger partial charge in [-0.3, -0.25) is 0 Å². The minimum Gasteiger partial charge on any atom is -0.493 e. The molecule has 0 bridgehead atoms. The van der Waals surface area contributed by atoms with Crippen molar-refractivity contribution < 1.29 is 9.47 Å². The van der Waals surface area contributed by atoms with Gasteiger partial charge < -0.3 is 14.8 Å². The van der Waals surface area contributed by atoms with E-state index in [1.54, 1.807) is 14.2 Å². The first kappa shape index (κ1) is 16.6. The molecule has 3 nitrogen and oxygen atoms in total. The molecule has 0 heterocycles. The second-order valence-corrected chi connectivity index (χ2v) is 6.59. The summed E-state index contributed by atoms with van der Waals surface area (Å²) in [4.78, 5) is 0. The van der Waals surface area contributed by atoms with Crippen molar-refractivity contribution in [1.29, 1.82) is 0 Å². The van der Waals surface area contributed by atoms with Gasteiger partial charge in [-0.05, 0) is 46.5 Å². The van der Waals surface area contributed by atoms with Crippen molar-refractivity contribution in [1.82, 2.24) is 5.32 Å². The van der Waals surface area contributed by atoms with Crippen molar-refractivity contribution in [2.75, 3.05) is 14.2 Å². The molecule has 118 valence electrons. The van der Waals surface area contributed by atoms with E-state index in [0.717, 1.165) is 22.5 Å². The van der Waals surface area contributed by atoms with Crippen LogP contribution in [0.4, 0.5) is 0 Å². The maximum atomic E-state index is 5.40. The van der Waals surface area contributed by atoms with Crippen molar-refractivity contribution >= 4 is 15.9 Å². The molecule has 1 aromatic carbocycles. The molecule has 4 heteroatoms. The molecule has 0 amide bonds. The van der Waals surface area contributed by atoms with Crippen LogP contribution in [0, 0.1) is 0 Å². The molecule has 2 rings (SSSR count). The molecule has 0 aromatic heterocycles. The van der Waals surface area contributed by atoms with Gasteiger partial charge in [0.05, 0.1) is 18.7 Å². The zero-order chi connectivity index (χ0) is 15.1. The van der Waals surface area contributed by atoms with Crippen molar-refractivity contribution in [2.24, 2.45) is 0 Å². The normalized spacial score (nSPS) is 17.1.